The molecule has 2 N–H and O–H groups in total. The minimum Gasteiger partial charge on any atom is -0.465 e. The second kappa shape index (κ2) is 6.83. The number of aromatic amines is 1. The van der Waals surface area contributed by atoms with E-state index in [-0.39, 0.29) is 18.7 Å². The number of nitrogens with zero attached hydrogens (tertiary/aromatic N) is 4. The van der Waals surface area contributed by atoms with Gasteiger partial charge < -0.3 is 29.2 Å². The number of anilines is 1. The van der Waals surface area contributed by atoms with Gasteiger partial charge in [-0.3, -0.25) is 9.59 Å². The fourth-order valence-corrected chi connectivity index (χ4v) is 2.87. The van der Waals surface area contributed by atoms with Gasteiger partial charge in [-0.25, -0.2) is 9.78 Å². The number of H-pyrrole nitrogens is 1. The second-order valence-electron chi connectivity index (χ2n) is 5.65. The van der Waals surface area contributed by atoms with E-state index in [1.165, 1.54) is 15.8 Å². The highest BCUT2D eigenvalue weighted by Crippen LogP contribution is 2.17. The van der Waals surface area contributed by atoms with Crippen molar-refractivity contribution in [3.63, 3.8) is 0 Å². The van der Waals surface area contributed by atoms with Crippen LogP contribution in [0.4, 0.5) is 10.6 Å². The second-order valence-corrected chi connectivity index (χ2v) is 5.65. The van der Waals surface area contributed by atoms with Gasteiger partial charge in [-0.2, -0.15) is 0 Å². The summed E-state index contributed by atoms with van der Waals surface area (Å²) in [5, 5.41) is 8.99. The first-order valence-electron chi connectivity index (χ1n) is 7.96. The summed E-state index contributed by atoms with van der Waals surface area (Å²) in [7, 11) is 0. The molecule has 2 aromatic heterocycles. The zero-order chi connectivity index (χ0) is 18.0. The van der Waals surface area contributed by atoms with Crippen LogP contribution in [-0.4, -0.2) is 69.4 Å². The first kappa shape index (κ1) is 16.8. The van der Waals surface area contributed by atoms with Crippen LogP contribution >= 0.6 is 0 Å². The molecule has 1 saturated heterocycles. The van der Waals surface area contributed by atoms with E-state index in [4.69, 9.17) is 9.84 Å². The van der Waals surface area contributed by atoms with Crippen molar-refractivity contribution < 1.29 is 19.4 Å². The van der Waals surface area contributed by atoms with Crippen molar-refractivity contribution in [1.29, 1.82) is 0 Å². The molecule has 1 fully saturated rings. The monoisotopic (exact) mass is 349 g/mol. The molecule has 1 aliphatic rings. The molecule has 1 aliphatic heterocycles. The van der Waals surface area contributed by atoms with Crippen molar-refractivity contribution in [3.8, 4) is 0 Å². The molecule has 0 radical (unpaired) electrons. The summed E-state index contributed by atoms with van der Waals surface area (Å²) in [6.45, 7) is 3.61. The summed E-state index contributed by atoms with van der Waals surface area (Å²) in [4.78, 5) is 45.2. The Morgan fingerprint density at radius 3 is 2.68 bits per heavy atom. The van der Waals surface area contributed by atoms with Crippen molar-refractivity contribution >= 4 is 28.9 Å². The third-order valence-electron chi connectivity index (χ3n) is 4.09. The molecule has 0 unspecified atom stereocenters. The van der Waals surface area contributed by atoms with Crippen LogP contribution in [0.25, 0.3) is 11.0 Å². The number of fused-ring (bicyclic) bond motifs is 1. The van der Waals surface area contributed by atoms with Gasteiger partial charge >= 0.3 is 12.1 Å². The summed E-state index contributed by atoms with van der Waals surface area (Å²) in [6, 6.07) is 1.73. The summed E-state index contributed by atoms with van der Waals surface area (Å²) < 4.78 is 6.35. The first-order chi connectivity index (χ1) is 12.0. The number of aromatic nitrogens is 3. The molecule has 3 rings (SSSR count). The molecule has 25 heavy (non-hydrogen) atoms. The minimum atomic E-state index is -0.943. The van der Waals surface area contributed by atoms with Gasteiger partial charge in [0.1, 0.15) is 17.9 Å². The van der Waals surface area contributed by atoms with Gasteiger partial charge in [-0.05, 0) is 6.92 Å². The van der Waals surface area contributed by atoms with Gasteiger partial charge in [-0.15, -0.1) is 0 Å². The SMILES string of the molecule is CCOC(=O)Cn1cnc2cc(N3CCN(C(=O)O)CC3)[nH]c(=O)c21. The maximum Gasteiger partial charge on any atom is 0.407 e. The van der Waals surface area contributed by atoms with Crippen molar-refractivity contribution in [1.82, 2.24) is 19.4 Å². The van der Waals surface area contributed by atoms with E-state index in [2.05, 4.69) is 9.97 Å². The number of piperazine rings is 1. The standard InChI is InChI=1S/C15H19N5O5/c1-2-25-12(21)8-20-9-16-10-7-11(17-14(22)13(10)20)18-3-5-19(6-4-18)15(23)24/h7,9H,2-6,8H2,1H3,(H,17,22)(H,23,24). The molecular weight excluding hydrogens is 330 g/mol. The number of ether oxygens (including phenoxy) is 1. The minimum absolute atomic E-state index is 0.0793. The van der Waals surface area contributed by atoms with Crippen molar-refractivity contribution in [3.05, 3.63) is 22.7 Å². The average molecular weight is 349 g/mol. The van der Waals surface area contributed by atoms with Gasteiger partial charge in [0.2, 0.25) is 0 Å². The fraction of sp³-hybridized carbons (Fsp3) is 0.467. The third kappa shape index (κ3) is 3.42. The lowest BCUT2D eigenvalue weighted by Crippen LogP contribution is -2.48. The van der Waals surface area contributed by atoms with Crippen LogP contribution in [0.15, 0.2) is 17.2 Å². The number of carbonyl (C=O) groups excluding carboxylic acids is 1. The Bertz CT molecular complexity index is 850. The molecule has 0 spiro atoms. The van der Waals surface area contributed by atoms with Gasteiger partial charge in [0.05, 0.1) is 18.5 Å². The summed E-state index contributed by atoms with van der Waals surface area (Å²) in [5.41, 5.74) is 0.430. The number of imidazole rings is 1. The molecule has 2 aromatic rings. The molecule has 1 amide bonds. The van der Waals surface area contributed by atoms with Crippen LogP contribution in [0.2, 0.25) is 0 Å². The van der Waals surface area contributed by atoms with Crippen molar-refractivity contribution in [2.75, 3.05) is 37.7 Å². The van der Waals surface area contributed by atoms with Crippen LogP contribution in [0, 0.1) is 0 Å². The Balaban J connectivity index is 1.82. The molecule has 3 heterocycles. The quantitative estimate of drug-likeness (QED) is 0.750. The maximum absolute atomic E-state index is 12.4. The molecule has 0 aromatic carbocycles. The zero-order valence-corrected chi connectivity index (χ0v) is 13.8. The maximum atomic E-state index is 12.4. The number of hydrogen-bond acceptors (Lipinski definition) is 6. The number of carboxylic acid groups (broad SMARTS) is 1. The molecule has 10 nitrogen and oxygen atoms in total. The number of nitrogens with one attached hydrogen (secondary N) is 1. The Hall–Kier alpha value is -3.04. The molecule has 0 bridgehead atoms. The van der Waals surface area contributed by atoms with Gasteiger partial charge in [0.15, 0.2) is 0 Å². The number of amides is 1. The highest BCUT2D eigenvalue weighted by Gasteiger charge is 2.22. The Morgan fingerprint density at radius 2 is 2.04 bits per heavy atom. The lowest BCUT2D eigenvalue weighted by Gasteiger charge is -2.34. The lowest BCUT2D eigenvalue weighted by molar-refractivity contribution is -0.143. The van der Waals surface area contributed by atoms with Crippen LogP contribution in [-0.2, 0) is 16.1 Å². The highest BCUT2D eigenvalue weighted by molar-refractivity contribution is 5.79. The summed E-state index contributed by atoms with van der Waals surface area (Å²) in [6.07, 6.45) is 0.490. The van der Waals surface area contributed by atoms with Gasteiger partial charge in [0, 0.05) is 32.2 Å². The smallest absolute Gasteiger partial charge is 0.407 e. The topological polar surface area (TPSA) is 121 Å². The van der Waals surface area contributed by atoms with Gasteiger partial charge in [-0.1, -0.05) is 0 Å². The summed E-state index contributed by atoms with van der Waals surface area (Å²) >= 11 is 0. The average Bonchev–Trinajstić information content (AvgIpc) is 2.98. The zero-order valence-electron chi connectivity index (χ0n) is 13.8. The molecule has 0 aliphatic carbocycles. The van der Waals surface area contributed by atoms with E-state index in [1.54, 1.807) is 13.0 Å². The highest BCUT2D eigenvalue weighted by atomic mass is 16.5. The van der Waals surface area contributed by atoms with Gasteiger partial charge in [0.25, 0.3) is 5.56 Å². The van der Waals surface area contributed by atoms with E-state index >= 15 is 0 Å². The van der Waals surface area contributed by atoms with Crippen LogP contribution in [0.1, 0.15) is 6.92 Å². The number of rotatable bonds is 4. The van der Waals surface area contributed by atoms with E-state index < -0.39 is 12.1 Å². The Morgan fingerprint density at radius 1 is 1.32 bits per heavy atom. The Kier molecular flexibility index (Phi) is 4.59. The van der Waals surface area contributed by atoms with E-state index in [9.17, 15) is 14.4 Å². The summed E-state index contributed by atoms with van der Waals surface area (Å²) in [5.74, 6) is 0.152. The first-order valence-corrected chi connectivity index (χ1v) is 7.96. The molecular formula is C15H19N5O5. The van der Waals surface area contributed by atoms with Crippen LogP contribution in [0.5, 0.6) is 0 Å². The predicted octanol–water partition coefficient (Wildman–Crippen LogP) is 0.0877. The number of hydrogen-bond donors (Lipinski definition) is 2. The molecule has 10 heteroatoms. The molecule has 134 valence electrons. The molecule has 0 saturated carbocycles. The van der Waals surface area contributed by atoms with Crippen molar-refractivity contribution in [2.24, 2.45) is 0 Å². The number of carbonyl (C=O) groups is 2. The van der Waals surface area contributed by atoms with E-state index in [0.29, 0.717) is 43.0 Å². The lowest BCUT2D eigenvalue weighted by atomic mass is 10.3. The number of pyridine rings is 1. The Labute approximate surface area is 142 Å². The fourth-order valence-electron chi connectivity index (χ4n) is 2.87. The predicted molar refractivity (Wildman–Crippen MR) is 88.8 cm³/mol. The van der Waals surface area contributed by atoms with Crippen LogP contribution < -0.4 is 10.5 Å². The normalized spacial score (nSPS) is 14.8. The number of esters is 1. The largest absolute Gasteiger partial charge is 0.465 e. The third-order valence-corrected chi connectivity index (χ3v) is 4.09. The van der Waals surface area contributed by atoms with E-state index in [0.717, 1.165) is 0 Å². The molecule has 0 atom stereocenters. The van der Waals surface area contributed by atoms with Crippen molar-refractivity contribution in [2.45, 2.75) is 13.5 Å². The van der Waals surface area contributed by atoms with Crippen LogP contribution in [0.3, 0.4) is 0 Å². The van der Waals surface area contributed by atoms with E-state index in [1.807, 2.05) is 4.90 Å².